The summed E-state index contributed by atoms with van der Waals surface area (Å²) in [6, 6.07) is 0. The molecule has 0 aromatic carbocycles. The Morgan fingerprint density at radius 1 is 1.00 bits per heavy atom. The molecule has 0 radical (unpaired) electrons. The molecular formula is C14H30O4. The zero-order chi connectivity index (χ0) is 13.8. The van der Waals surface area contributed by atoms with Crippen LogP contribution in [0.25, 0.3) is 0 Å². The first-order valence-electron chi connectivity index (χ1n) is 7.06. The molecule has 4 nitrogen and oxygen atoms in total. The van der Waals surface area contributed by atoms with Gasteiger partial charge < -0.3 is 19.7 Å². The van der Waals surface area contributed by atoms with Gasteiger partial charge in [-0.25, -0.2) is 0 Å². The second-order valence-electron chi connectivity index (χ2n) is 5.05. The Kier molecular flexibility index (Phi) is 11.8. The Balaban J connectivity index is 0.000000360. The summed E-state index contributed by atoms with van der Waals surface area (Å²) in [6.07, 6.45) is 6.34. The summed E-state index contributed by atoms with van der Waals surface area (Å²) in [5, 5.41) is 16.2. The van der Waals surface area contributed by atoms with Crippen LogP contribution >= 0.6 is 0 Å². The highest BCUT2D eigenvalue weighted by Crippen LogP contribution is 2.23. The van der Waals surface area contributed by atoms with Crippen LogP contribution in [0.1, 0.15) is 46.5 Å². The monoisotopic (exact) mass is 262 g/mol. The van der Waals surface area contributed by atoms with Crippen molar-refractivity contribution >= 4 is 0 Å². The third-order valence-electron chi connectivity index (χ3n) is 3.12. The minimum Gasteiger partial charge on any atom is -0.394 e. The van der Waals surface area contributed by atoms with Gasteiger partial charge in [-0.1, -0.05) is 26.7 Å². The van der Waals surface area contributed by atoms with Gasteiger partial charge in [0.2, 0.25) is 0 Å². The van der Waals surface area contributed by atoms with Gasteiger partial charge in [0, 0.05) is 0 Å². The molecule has 4 heteroatoms. The summed E-state index contributed by atoms with van der Waals surface area (Å²) >= 11 is 0. The summed E-state index contributed by atoms with van der Waals surface area (Å²) in [7, 11) is 0. The number of rotatable bonds is 7. The first-order valence-corrected chi connectivity index (χ1v) is 7.06. The summed E-state index contributed by atoms with van der Waals surface area (Å²) in [6.45, 7) is 7.32. The van der Waals surface area contributed by atoms with Crippen LogP contribution in [-0.4, -0.2) is 48.8 Å². The standard InChI is InChI=1S/C10H20O.C4H10O3/c1-8(2)9(3)11-10-6-4-5-7-10;5-1-3-7-4-2-6/h8-10H,4-7H2,1-3H3;5-6H,1-4H2. The Morgan fingerprint density at radius 3 is 1.89 bits per heavy atom. The molecule has 0 bridgehead atoms. The highest BCUT2D eigenvalue weighted by Gasteiger charge is 2.19. The lowest BCUT2D eigenvalue weighted by atomic mass is 10.1. The molecule has 2 N–H and O–H groups in total. The smallest absolute Gasteiger partial charge is 0.0698 e. The SMILES string of the molecule is CC(C)C(C)OC1CCCC1.OCCOCCO. The average molecular weight is 262 g/mol. The van der Waals surface area contributed by atoms with E-state index >= 15 is 0 Å². The Morgan fingerprint density at radius 2 is 1.50 bits per heavy atom. The van der Waals surface area contributed by atoms with Gasteiger partial charge in [-0.05, 0) is 25.7 Å². The Bertz CT molecular complexity index is 163. The second-order valence-corrected chi connectivity index (χ2v) is 5.05. The summed E-state index contributed by atoms with van der Waals surface area (Å²) < 4.78 is 10.5. The third-order valence-corrected chi connectivity index (χ3v) is 3.12. The summed E-state index contributed by atoms with van der Waals surface area (Å²) in [5.41, 5.74) is 0. The Labute approximate surface area is 111 Å². The molecule has 0 saturated heterocycles. The van der Waals surface area contributed by atoms with Crippen LogP contribution in [0.15, 0.2) is 0 Å². The highest BCUT2D eigenvalue weighted by atomic mass is 16.5. The van der Waals surface area contributed by atoms with Crippen molar-refractivity contribution in [1.82, 2.24) is 0 Å². The van der Waals surface area contributed by atoms with E-state index < -0.39 is 0 Å². The largest absolute Gasteiger partial charge is 0.394 e. The molecule has 0 amide bonds. The topological polar surface area (TPSA) is 58.9 Å². The first kappa shape index (κ1) is 17.8. The van der Waals surface area contributed by atoms with Gasteiger partial charge in [0.1, 0.15) is 0 Å². The van der Waals surface area contributed by atoms with Crippen LogP contribution < -0.4 is 0 Å². The molecule has 1 unspecified atom stereocenters. The van der Waals surface area contributed by atoms with Gasteiger partial charge >= 0.3 is 0 Å². The molecule has 0 aliphatic heterocycles. The van der Waals surface area contributed by atoms with Crippen LogP contribution in [0.4, 0.5) is 0 Å². The van der Waals surface area contributed by atoms with Crippen molar-refractivity contribution < 1.29 is 19.7 Å². The van der Waals surface area contributed by atoms with E-state index in [9.17, 15) is 0 Å². The fourth-order valence-electron chi connectivity index (χ4n) is 1.72. The molecule has 1 fully saturated rings. The van der Waals surface area contributed by atoms with Crippen LogP contribution in [0, 0.1) is 5.92 Å². The summed E-state index contributed by atoms with van der Waals surface area (Å²) in [4.78, 5) is 0. The van der Waals surface area contributed by atoms with Crippen molar-refractivity contribution in [3.63, 3.8) is 0 Å². The molecule has 1 atom stereocenters. The molecule has 1 rings (SSSR count). The molecule has 110 valence electrons. The van der Waals surface area contributed by atoms with Crippen LogP contribution in [0.3, 0.4) is 0 Å². The predicted octanol–water partition coefficient (Wildman–Crippen LogP) is 1.98. The van der Waals surface area contributed by atoms with Crippen molar-refractivity contribution in [3.8, 4) is 0 Å². The Hall–Kier alpha value is -0.160. The third kappa shape index (κ3) is 9.83. The van der Waals surface area contributed by atoms with Gasteiger partial charge in [-0.3, -0.25) is 0 Å². The number of hydrogen-bond acceptors (Lipinski definition) is 4. The van der Waals surface area contributed by atoms with Crippen molar-refractivity contribution in [2.45, 2.75) is 58.7 Å². The normalized spacial score (nSPS) is 17.7. The predicted molar refractivity (Wildman–Crippen MR) is 72.6 cm³/mol. The van der Waals surface area contributed by atoms with Gasteiger partial charge in [-0.2, -0.15) is 0 Å². The van der Waals surface area contributed by atoms with Crippen molar-refractivity contribution in [1.29, 1.82) is 0 Å². The lowest BCUT2D eigenvalue weighted by molar-refractivity contribution is -0.0210. The van der Waals surface area contributed by atoms with E-state index in [1.807, 2.05) is 0 Å². The van der Waals surface area contributed by atoms with Gasteiger partial charge in [0.25, 0.3) is 0 Å². The minimum atomic E-state index is 0.0278. The molecule has 0 spiro atoms. The van der Waals surface area contributed by atoms with Crippen molar-refractivity contribution in [2.75, 3.05) is 26.4 Å². The molecular weight excluding hydrogens is 232 g/mol. The minimum absolute atomic E-state index is 0.0278. The molecule has 1 aliphatic rings. The van der Waals surface area contributed by atoms with E-state index in [2.05, 4.69) is 25.5 Å². The maximum absolute atomic E-state index is 8.09. The van der Waals surface area contributed by atoms with Gasteiger partial charge in [0.15, 0.2) is 0 Å². The molecule has 18 heavy (non-hydrogen) atoms. The summed E-state index contributed by atoms with van der Waals surface area (Å²) in [5.74, 6) is 0.663. The van der Waals surface area contributed by atoms with Gasteiger partial charge in [-0.15, -0.1) is 0 Å². The van der Waals surface area contributed by atoms with Gasteiger partial charge in [0.05, 0.1) is 38.6 Å². The molecule has 0 heterocycles. The van der Waals surface area contributed by atoms with Crippen LogP contribution in [-0.2, 0) is 9.47 Å². The number of hydrogen-bond donors (Lipinski definition) is 2. The maximum Gasteiger partial charge on any atom is 0.0698 e. The zero-order valence-electron chi connectivity index (χ0n) is 12.1. The van der Waals surface area contributed by atoms with E-state index in [1.165, 1.54) is 25.7 Å². The molecule has 0 aromatic heterocycles. The molecule has 0 aromatic rings. The number of aliphatic hydroxyl groups is 2. The first-order chi connectivity index (χ1) is 8.61. The van der Waals surface area contributed by atoms with Crippen molar-refractivity contribution in [3.05, 3.63) is 0 Å². The van der Waals surface area contributed by atoms with E-state index in [0.29, 0.717) is 31.3 Å². The zero-order valence-corrected chi connectivity index (χ0v) is 12.1. The van der Waals surface area contributed by atoms with Crippen LogP contribution in [0.2, 0.25) is 0 Å². The molecule has 1 aliphatic carbocycles. The lowest BCUT2D eigenvalue weighted by Gasteiger charge is -2.21. The molecule has 1 saturated carbocycles. The number of ether oxygens (including phenoxy) is 2. The fraction of sp³-hybridized carbons (Fsp3) is 1.00. The fourth-order valence-corrected chi connectivity index (χ4v) is 1.72. The van der Waals surface area contributed by atoms with E-state index in [0.717, 1.165) is 0 Å². The van der Waals surface area contributed by atoms with E-state index in [-0.39, 0.29) is 13.2 Å². The van der Waals surface area contributed by atoms with Crippen molar-refractivity contribution in [2.24, 2.45) is 5.92 Å². The quantitative estimate of drug-likeness (QED) is 0.689. The second kappa shape index (κ2) is 11.9. The van der Waals surface area contributed by atoms with E-state index in [1.54, 1.807) is 0 Å². The number of aliphatic hydroxyl groups excluding tert-OH is 2. The maximum atomic E-state index is 8.09. The lowest BCUT2D eigenvalue weighted by Crippen LogP contribution is -2.21. The highest BCUT2D eigenvalue weighted by molar-refractivity contribution is 4.69. The van der Waals surface area contributed by atoms with E-state index in [4.69, 9.17) is 14.9 Å². The van der Waals surface area contributed by atoms with Crippen LogP contribution in [0.5, 0.6) is 0 Å². The average Bonchev–Trinajstić information content (AvgIpc) is 2.83.